The molecule has 2 aromatic rings. The summed E-state index contributed by atoms with van der Waals surface area (Å²) in [6, 6.07) is 6.64. The molecule has 0 unspecified atom stereocenters. The van der Waals surface area contributed by atoms with Gasteiger partial charge in [0.25, 0.3) is 5.91 Å². The third-order valence-corrected chi connectivity index (χ3v) is 4.33. The van der Waals surface area contributed by atoms with E-state index in [1.807, 2.05) is 0 Å². The molecule has 2 heterocycles. The number of nitrogens with one attached hydrogen (secondary N) is 2. The molecule has 28 heavy (non-hydrogen) atoms. The Hall–Kier alpha value is -2.65. The molecule has 1 aliphatic rings. The van der Waals surface area contributed by atoms with E-state index in [9.17, 15) is 18.0 Å². The number of para-hydroxylation sites is 1. The fourth-order valence-electron chi connectivity index (χ4n) is 2.88. The number of amides is 1. The number of rotatable bonds is 6. The van der Waals surface area contributed by atoms with Gasteiger partial charge < -0.3 is 15.4 Å². The monoisotopic (exact) mass is 394 g/mol. The second kappa shape index (κ2) is 9.03. The van der Waals surface area contributed by atoms with Gasteiger partial charge in [-0.25, -0.2) is 0 Å². The van der Waals surface area contributed by atoms with Gasteiger partial charge >= 0.3 is 6.18 Å². The molecule has 1 aromatic carbocycles. The largest absolute Gasteiger partial charge is 0.418 e. The van der Waals surface area contributed by atoms with E-state index in [1.165, 1.54) is 36.7 Å². The van der Waals surface area contributed by atoms with Gasteiger partial charge in [-0.15, -0.1) is 0 Å². The number of hydrogen-bond acceptors (Lipinski definition) is 5. The molecule has 1 amide bonds. The zero-order valence-corrected chi connectivity index (χ0v) is 15.1. The third-order valence-electron chi connectivity index (χ3n) is 4.33. The van der Waals surface area contributed by atoms with Crippen LogP contribution in [0.2, 0.25) is 0 Å². The first-order valence-electron chi connectivity index (χ1n) is 8.90. The Balaban J connectivity index is 1.62. The van der Waals surface area contributed by atoms with Crippen molar-refractivity contribution in [3.63, 3.8) is 0 Å². The Morgan fingerprint density at radius 2 is 1.93 bits per heavy atom. The Morgan fingerprint density at radius 1 is 1.18 bits per heavy atom. The number of halogens is 3. The molecule has 9 heteroatoms. The summed E-state index contributed by atoms with van der Waals surface area (Å²) >= 11 is 0. The number of carbonyl (C=O) groups is 1. The fourth-order valence-corrected chi connectivity index (χ4v) is 2.88. The summed E-state index contributed by atoms with van der Waals surface area (Å²) in [5.41, 5.74) is -0.300. The Kier molecular flexibility index (Phi) is 6.48. The highest BCUT2D eigenvalue weighted by molar-refractivity contribution is 5.94. The minimum Gasteiger partial charge on any atom is -0.379 e. The van der Waals surface area contributed by atoms with Crippen LogP contribution in [0.15, 0.2) is 42.7 Å². The number of pyridine rings is 1. The van der Waals surface area contributed by atoms with Gasteiger partial charge in [0.1, 0.15) is 0 Å². The summed E-state index contributed by atoms with van der Waals surface area (Å²) in [6.45, 7) is 4.20. The van der Waals surface area contributed by atoms with Gasteiger partial charge in [-0.3, -0.25) is 14.7 Å². The number of benzene rings is 1. The average Bonchev–Trinajstić information content (AvgIpc) is 2.68. The van der Waals surface area contributed by atoms with Crippen molar-refractivity contribution in [2.75, 3.05) is 44.7 Å². The second-order valence-corrected chi connectivity index (χ2v) is 6.34. The Bertz CT molecular complexity index is 808. The number of alkyl halides is 3. The van der Waals surface area contributed by atoms with Gasteiger partial charge in [0.15, 0.2) is 0 Å². The lowest BCUT2D eigenvalue weighted by molar-refractivity contribution is -0.136. The molecule has 1 aromatic heterocycles. The Labute approximate surface area is 160 Å². The van der Waals surface area contributed by atoms with Crippen LogP contribution in [0.4, 0.5) is 24.5 Å². The van der Waals surface area contributed by atoms with Gasteiger partial charge in [0.2, 0.25) is 0 Å². The first kappa shape index (κ1) is 20.1. The van der Waals surface area contributed by atoms with Crippen molar-refractivity contribution in [1.82, 2.24) is 15.2 Å². The second-order valence-electron chi connectivity index (χ2n) is 6.34. The molecule has 150 valence electrons. The Morgan fingerprint density at radius 3 is 2.68 bits per heavy atom. The van der Waals surface area contributed by atoms with Crippen molar-refractivity contribution in [3.8, 4) is 0 Å². The highest BCUT2D eigenvalue weighted by Gasteiger charge is 2.33. The molecule has 0 bridgehead atoms. The van der Waals surface area contributed by atoms with Crippen LogP contribution in [-0.2, 0) is 10.9 Å². The zero-order valence-electron chi connectivity index (χ0n) is 15.1. The van der Waals surface area contributed by atoms with Gasteiger partial charge in [0, 0.05) is 32.4 Å². The summed E-state index contributed by atoms with van der Waals surface area (Å²) in [5, 5.41) is 5.50. The summed E-state index contributed by atoms with van der Waals surface area (Å²) in [6.07, 6.45) is -1.73. The van der Waals surface area contributed by atoms with Crippen molar-refractivity contribution in [1.29, 1.82) is 0 Å². The van der Waals surface area contributed by atoms with Crippen LogP contribution in [-0.4, -0.2) is 55.2 Å². The van der Waals surface area contributed by atoms with Gasteiger partial charge in [-0.05, 0) is 18.2 Å². The van der Waals surface area contributed by atoms with Crippen molar-refractivity contribution < 1.29 is 22.7 Å². The maximum absolute atomic E-state index is 13.1. The van der Waals surface area contributed by atoms with Gasteiger partial charge in [-0.1, -0.05) is 12.1 Å². The lowest BCUT2D eigenvalue weighted by Crippen LogP contribution is -2.41. The normalized spacial score (nSPS) is 15.2. The number of ether oxygens (including phenoxy) is 1. The minimum atomic E-state index is -4.48. The number of nitrogens with zero attached hydrogens (tertiary/aromatic N) is 2. The van der Waals surface area contributed by atoms with E-state index in [0.29, 0.717) is 32.0 Å². The lowest BCUT2D eigenvalue weighted by Gasteiger charge is -2.26. The molecule has 0 atom stereocenters. The molecule has 1 aliphatic heterocycles. The molecule has 2 N–H and O–H groups in total. The summed E-state index contributed by atoms with van der Waals surface area (Å²) in [4.78, 5) is 18.5. The first-order chi connectivity index (χ1) is 13.4. The molecule has 1 saturated heterocycles. The van der Waals surface area contributed by atoms with Crippen molar-refractivity contribution in [2.45, 2.75) is 6.18 Å². The highest BCUT2D eigenvalue weighted by Crippen LogP contribution is 2.35. The quantitative estimate of drug-likeness (QED) is 0.789. The zero-order chi connectivity index (χ0) is 20.0. The molecular formula is C19H21F3N4O2. The van der Waals surface area contributed by atoms with E-state index in [2.05, 4.69) is 20.5 Å². The van der Waals surface area contributed by atoms with Crippen LogP contribution in [0.3, 0.4) is 0 Å². The molecule has 0 aliphatic carbocycles. The number of carbonyl (C=O) groups excluding carboxylic acids is 1. The van der Waals surface area contributed by atoms with Crippen molar-refractivity contribution in [3.05, 3.63) is 53.9 Å². The number of morpholine rings is 1. The standard InChI is InChI=1S/C19H21F3N4O2/c20-19(21,22)16-3-1-2-4-17(16)25-15-11-14(12-23-13-15)18(27)24-5-6-26-7-9-28-10-8-26/h1-4,11-13,25H,5-10H2,(H,24,27). The molecule has 1 fully saturated rings. The first-order valence-corrected chi connectivity index (χ1v) is 8.90. The molecule has 0 spiro atoms. The van der Waals surface area contributed by atoms with Crippen LogP contribution in [0.5, 0.6) is 0 Å². The van der Waals surface area contributed by atoms with E-state index in [0.717, 1.165) is 19.2 Å². The molecule has 6 nitrogen and oxygen atoms in total. The highest BCUT2D eigenvalue weighted by atomic mass is 19.4. The molecule has 0 saturated carbocycles. The van der Waals surface area contributed by atoms with Crippen molar-refractivity contribution >= 4 is 17.3 Å². The average molecular weight is 394 g/mol. The minimum absolute atomic E-state index is 0.0957. The van der Waals surface area contributed by atoms with E-state index < -0.39 is 11.7 Å². The van der Waals surface area contributed by atoms with Crippen LogP contribution >= 0.6 is 0 Å². The van der Waals surface area contributed by atoms with Gasteiger partial charge in [-0.2, -0.15) is 13.2 Å². The summed E-state index contributed by atoms with van der Waals surface area (Å²) < 4.78 is 44.6. The molecule has 3 rings (SSSR count). The maximum atomic E-state index is 13.1. The van der Waals surface area contributed by atoms with E-state index in [4.69, 9.17) is 4.74 Å². The lowest BCUT2D eigenvalue weighted by atomic mass is 10.1. The molecule has 0 radical (unpaired) electrons. The van der Waals surface area contributed by atoms with Crippen LogP contribution in [0.25, 0.3) is 0 Å². The fraction of sp³-hybridized carbons (Fsp3) is 0.368. The van der Waals surface area contributed by atoms with Crippen LogP contribution < -0.4 is 10.6 Å². The predicted octanol–water partition coefficient (Wildman–Crippen LogP) is 2.91. The smallest absolute Gasteiger partial charge is 0.379 e. The third kappa shape index (κ3) is 5.43. The van der Waals surface area contributed by atoms with E-state index in [1.54, 1.807) is 0 Å². The summed E-state index contributed by atoms with van der Waals surface area (Å²) in [5.74, 6) is -0.325. The van der Waals surface area contributed by atoms with E-state index in [-0.39, 0.29) is 17.2 Å². The van der Waals surface area contributed by atoms with E-state index >= 15 is 0 Å². The van der Waals surface area contributed by atoms with Crippen molar-refractivity contribution in [2.24, 2.45) is 0 Å². The topological polar surface area (TPSA) is 66.5 Å². The number of aromatic nitrogens is 1. The maximum Gasteiger partial charge on any atom is 0.418 e. The molecular weight excluding hydrogens is 373 g/mol. The van der Waals surface area contributed by atoms with Gasteiger partial charge in [0.05, 0.1) is 41.9 Å². The van der Waals surface area contributed by atoms with Crippen LogP contribution in [0.1, 0.15) is 15.9 Å². The number of anilines is 2. The summed E-state index contributed by atoms with van der Waals surface area (Å²) in [7, 11) is 0. The predicted molar refractivity (Wildman–Crippen MR) is 98.6 cm³/mol. The SMILES string of the molecule is O=C(NCCN1CCOCC1)c1cncc(Nc2ccccc2C(F)(F)F)c1. The van der Waals surface area contributed by atoms with Crippen LogP contribution in [0, 0.1) is 0 Å². The number of hydrogen-bond donors (Lipinski definition) is 2.